The molecule has 0 radical (unpaired) electrons. The average molecular weight is 215 g/mol. The van der Waals surface area contributed by atoms with Crippen molar-refractivity contribution < 1.29 is 4.74 Å². The van der Waals surface area contributed by atoms with Crippen LogP contribution >= 0.6 is 11.3 Å². The Kier molecular flexibility index (Phi) is 1.82. The minimum Gasteiger partial charge on any atom is -0.377 e. The van der Waals surface area contributed by atoms with E-state index in [-0.39, 0.29) is 5.41 Å². The molecule has 1 aliphatic heterocycles. The molecule has 0 amide bonds. The highest BCUT2D eigenvalue weighted by molar-refractivity contribution is 7.17. The van der Waals surface area contributed by atoms with Crippen LogP contribution in [0, 0.1) is 11.3 Å². The molecule has 1 aromatic carbocycles. The van der Waals surface area contributed by atoms with Gasteiger partial charge in [-0.15, -0.1) is 11.3 Å². The van der Waals surface area contributed by atoms with E-state index in [1.54, 1.807) is 11.3 Å². The quantitative estimate of drug-likeness (QED) is 0.732. The van der Waals surface area contributed by atoms with Gasteiger partial charge in [-0.2, -0.15) is 5.26 Å². The standard InChI is InChI=1S/C12H9NOS/c13-6-12(7-14-8-12)10-5-15-11-4-2-1-3-9(10)11/h1-5H,7-8H2. The predicted octanol–water partition coefficient (Wildman–Crippen LogP) is 2.69. The third-order valence-electron chi connectivity index (χ3n) is 2.91. The lowest BCUT2D eigenvalue weighted by Crippen LogP contribution is -2.45. The number of nitrogens with zero attached hydrogens (tertiary/aromatic N) is 1. The molecule has 0 spiro atoms. The topological polar surface area (TPSA) is 33.0 Å². The summed E-state index contributed by atoms with van der Waals surface area (Å²) < 4.78 is 6.43. The van der Waals surface area contributed by atoms with Crippen molar-refractivity contribution in [2.75, 3.05) is 13.2 Å². The second kappa shape index (κ2) is 3.06. The summed E-state index contributed by atoms with van der Waals surface area (Å²) in [5.74, 6) is 0. The van der Waals surface area contributed by atoms with Crippen molar-refractivity contribution in [3.63, 3.8) is 0 Å². The Balaban J connectivity index is 2.24. The number of rotatable bonds is 1. The van der Waals surface area contributed by atoms with E-state index < -0.39 is 0 Å². The summed E-state index contributed by atoms with van der Waals surface area (Å²) in [7, 11) is 0. The molecule has 0 N–H and O–H groups in total. The van der Waals surface area contributed by atoms with Crippen molar-refractivity contribution in [1.82, 2.24) is 0 Å². The molecule has 0 atom stereocenters. The van der Waals surface area contributed by atoms with Gasteiger partial charge in [0.25, 0.3) is 0 Å². The Morgan fingerprint density at radius 3 is 2.80 bits per heavy atom. The minimum atomic E-state index is -0.389. The fraction of sp³-hybridized carbons (Fsp3) is 0.250. The van der Waals surface area contributed by atoms with Gasteiger partial charge in [0, 0.05) is 4.70 Å². The van der Waals surface area contributed by atoms with Crippen LogP contribution in [0.25, 0.3) is 10.1 Å². The van der Waals surface area contributed by atoms with Gasteiger partial charge in [-0.25, -0.2) is 0 Å². The molecular formula is C12H9NOS. The summed E-state index contributed by atoms with van der Waals surface area (Å²) in [6.45, 7) is 1.06. The summed E-state index contributed by atoms with van der Waals surface area (Å²) in [5.41, 5.74) is 0.747. The Morgan fingerprint density at radius 1 is 1.33 bits per heavy atom. The van der Waals surface area contributed by atoms with E-state index in [1.165, 1.54) is 10.1 Å². The van der Waals surface area contributed by atoms with Crippen LogP contribution in [0.4, 0.5) is 0 Å². The SMILES string of the molecule is N#CC1(c2csc3ccccc23)COC1. The summed E-state index contributed by atoms with van der Waals surface area (Å²) in [5, 5.41) is 12.5. The van der Waals surface area contributed by atoms with Crippen LogP contribution in [0.3, 0.4) is 0 Å². The number of nitriles is 1. The lowest BCUT2D eigenvalue weighted by Gasteiger charge is -2.34. The second-order valence-electron chi connectivity index (χ2n) is 3.83. The van der Waals surface area contributed by atoms with Crippen molar-refractivity contribution in [2.24, 2.45) is 0 Å². The Morgan fingerprint density at radius 2 is 2.13 bits per heavy atom. The smallest absolute Gasteiger partial charge is 0.130 e. The average Bonchev–Trinajstić information content (AvgIpc) is 2.62. The molecule has 15 heavy (non-hydrogen) atoms. The maximum absolute atomic E-state index is 9.24. The van der Waals surface area contributed by atoms with Crippen molar-refractivity contribution in [1.29, 1.82) is 5.26 Å². The fourth-order valence-corrected chi connectivity index (χ4v) is 2.99. The van der Waals surface area contributed by atoms with Crippen molar-refractivity contribution in [2.45, 2.75) is 5.41 Å². The maximum atomic E-state index is 9.24. The molecule has 74 valence electrons. The van der Waals surface area contributed by atoms with E-state index in [1.807, 2.05) is 12.1 Å². The first kappa shape index (κ1) is 8.90. The number of ether oxygens (including phenoxy) is 1. The zero-order chi connectivity index (χ0) is 10.3. The molecule has 1 fully saturated rings. The molecule has 1 saturated heterocycles. The highest BCUT2D eigenvalue weighted by Gasteiger charge is 2.42. The van der Waals surface area contributed by atoms with Crippen molar-refractivity contribution in [3.05, 3.63) is 35.2 Å². The van der Waals surface area contributed by atoms with E-state index >= 15 is 0 Å². The summed E-state index contributed by atoms with van der Waals surface area (Å²) in [6, 6.07) is 10.6. The third kappa shape index (κ3) is 1.12. The van der Waals surface area contributed by atoms with E-state index in [2.05, 4.69) is 23.6 Å². The zero-order valence-electron chi connectivity index (χ0n) is 8.06. The fourth-order valence-electron chi connectivity index (χ4n) is 1.93. The molecule has 3 rings (SSSR count). The van der Waals surface area contributed by atoms with Gasteiger partial charge in [0.2, 0.25) is 0 Å². The molecular weight excluding hydrogens is 206 g/mol. The predicted molar refractivity (Wildman–Crippen MR) is 59.9 cm³/mol. The van der Waals surface area contributed by atoms with Gasteiger partial charge in [-0.05, 0) is 22.4 Å². The van der Waals surface area contributed by atoms with Crippen LogP contribution in [-0.4, -0.2) is 13.2 Å². The Hall–Kier alpha value is -1.37. The first-order valence-corrected chi connectivity index (χ1v) is 5.69. The Bertz CT molecular complexity index is 548. The number of benzene rings is 1. The number of hydrogen-bond donors (Lipinski definition) is 0. The highest BCUT2D eigenvalue weighted by Crippen LogP contribution is 2.39. The van der Waals surface area contributed by atoms with Crippen LogP contribution < -0.4 is 0 Å². The molecule has 2 aromatic rings. The lowest BCUT2D eigenvalue weighted by atomic mass is 9.80. The normalized spacial score (nSPS) is 18.3. The lowest BCUT2D eigenvalue weighted by molar-refractivity contribution is -0.0289. The second-order valence-corrected chi connectivity index (χ2v) is 4.74. The van der Waals surface area contributed by atoms with Crippen LogP contribution in [0.15, 0.2) is 29.6 Å². The molecule has 0 bridgehead atoms. The van der Waals surface area contributed by atoms with Crippen LogP contribution in [-0.2, 0) is 10.2 Å². The first-order valence-electron chi connectivity index (χ1n) is 4.81. The van der Waals surface area contributed by atoms with Gasteiger partial charge in [0.1, 0.15) is 5.41 Å². The van der Waals surface area contributed by atoms with Crippen molar-refractivity contribution in [3.8, 4) is 6.07 Å². The van der Waals surface area contributed by atoms with Gasteiger partial charge < -0.3 is 4.74 Å². The van der Waals surface area contributed by atoms with E-state index in [4.69, 9.17) is 4.74 Å². The highest BCUT2D eigenvalue weighted by atomic mass is 32.1. The number of hydrogen-bond acceptors (Lipinski definition) is 3. The van der Waals surface area contributed by atoms with Crippen LogP contribution in [0.2, 0.25) is 0 Å². The molecule has 0 aliphatic carbocycles. The molecule has 3 heteroatoms. The minimum absolute atomic E-state index is 0.389. The van der Waals surface area contributed by atoms with Gasteiger partial charge in [0.05, 0.1) is 19.3 Å². The summed E-state index contributed by atoms with van der Waals surface area (Å²) in [4.78, 5) is 0. The van der Waals surface area contributed by atoms with Gasteiger partial charge in [-0.1, -0.05) is 18.2 Å². The van der Waals surface area contributed by atoms with Crippen LogP contribution in [0.1, 0.15) is 5.56 Å². The number of fused-ring (bicyclic) bond motifs is 1. The third-order valence-corrected chi connectivity index (χ3v) is 3.87. The maximum Gasteiger partial charge on any atom is 0.130 e. The van der Waals surface area contributed by atoms with Crippen molar-refractivity contribution >= 4 is 21.4 Å². The van der Waals surface area contributed by atoms with Gasteiger partial charge in [0.15, 0.2) is 0 Å². The van der Waals surface area contributed by atoms with Gasteiger partial charge in [-0.3, -0.25) is 0 Å². The zero-order valence-corrected chi connectivity index (χ0v) is 8.88. The van der Waals surface area contributed by atoms with Gasteiger partial charge >= 0.3 is 0 Å². The molecule has 0 unspecified atom stereocenters. The van der Waals surface area contributed by atoms with E-state index in [9.17, 15) is 5.26 Å². The molecule has 2 heterocycles. The molecule has 1 aromatic heterocycles. The summed E-state index contributed by atoms with van der Waals surface area (Å²) in [6.07, 6.45) is 0. The number of thiophene rings is 1. The monoisotopic (exact) mass is 215 g/mol. The molecule has 1 aliphatic rings. The molecule has 2 nitrogen and oxygen atoms in total. The largest absolute Gasteiger partial charge is 0.377 e. The van der Waals surface area contributed by atoms with E-state index in [0.29, 0.717) is 13.2 Å². The van der Waals surface area contributed by atoms with Crippen LogP contribution in [0.5, 0.6) is 0 Å². The molecule has 0 saturated carbocycles. The first-order chi connectivity index (χ1) is 7.36. The Labute approximate surface area is 91.7 Å². The van der Waals surface area contributed by atoms with E-state index in [0.717, 1.165) is 5.56 Å². The summed E-state index contributed by atoms with van der Waals surface area (Å²) >= 11 is 1.70.